The molecule has 0 unspecified atom stereocenters. The molecule has 0 spiro atoms. The maximum atomic E-state index is 9.89. The number of fused-ring (bicyclic) bond motifs is 6. The van der Waals surface area contributed by atoms with Gasteiger partial charge in [0.25, 0.3) is 0 Å². The van der Waals surface area contributed by atoms with Gasteiger partial charge in [0.1, 0.15) is 0 Å². The molecule has 0 atom stereocenters. The lowest BCUT2D eigenvalue weighted by molar-refractivity contribution is 1.18. The lowest BCUT2D eigenvalue weighted by atomic mass is 9.98. The smallest absolute Gasteiger partial charge is 0.211 e. The highest BCUT2D eigenvalue weighted by atomic mass is 15.0. The molecule has 0 fully saturated rings. The molecule has 0 aliphatic rings. The Bertz CT molecular complexity index is 2890. The summed E-state index contributed by atoms with van der Waals surface area (Å²) in [6.07, 6.45) is 0. The number of para-hydroxylation sites is 3. The average Bonchev–Trinajstić information content (AvgIpc) is 3.70. The molecule has 0 N–H and O–H groups in total. The van der Waals surface area contributed by atoms with Gasteiger partial charge >= 0.3 is 0 Å². The van der Waals surface area contributed by atoms with Crippen LogP contribution in [0.15, 0.2) is 152 Å². The maximum Gasteiger partial charge on any atom is 0.211 e. The first-order chi connectivity index (χ1) is 24.7. The molecule has 2 heterocycles. The molecule has 0 aliphatic heterocycles. The van der Waals surface area contributed by atoms with Gasteiger partial charge in [0.2, 0.25) is 5.69 Å². The minimum atomic E-state index is 0.561. The molecule has 0 saturated carbocycles. The minimum absolute atomic E-state index is 0.561. The van der Waals surface area contributed by atoms with E-state index in [0.717, 1.165) is 77.2 Å². The summed E-state index contributed by atoms with van der Waals surface area (Å²) in [4.78, 5) is 3.97. The summed E-state index contributed by atoms with van der Waals surface area (Å²) in [5, 5.41) is 23.5. The van der Waals surface area contributed by atoms with Gasteiger partial charge in [0.05, 0.1) is 57.6 Å². The van der Waals surface area contributed by atoms with Crippen LogP contribution in [0, 0.1) is 29.2 Å². The van der Waals surface area contributed by atoms with Crippen LogP contribution in [0.5, 0.6) is 0 Å². The second-order valence-corrected chi connectivity index (χ2v) is 12.3. The first-order valence-electron chi connectivity index (χ1n) is 16.3. The van der Waals surface area contributed by atoms with Gasteiger partial charge < -0.3 is 9.13 Å². The monoisotopic (exact) mass is 635 g/mol. The minimum Gasteiger partial charge on any atom is -0.318 e. The van der Waals surface area contributed by atoms with Crippen molar-refractivity contribution < 1.29 is 0 Å². The Morgan fingerprint density at radius 2 is 1.10 bits per heavy atom. The van der Waals surface area contributed by atoms with E-state index in [-0.39, 0.29) is 0 Å². The molecule has 50 heavy (non-hydrogen) atoms. The Hall–Kier alpha value is -7.39. The van der Waals surface area contributed by atoms with Crippen molar-refractivity contribution in [2.75, 3.05) is 0 Å². The summed E-state index contributed by atoms with van der Waals surface area (Å²) in [6, 6.07) is 55.6. The highest BCUT2D eigenvalue weighted by Gasteiger charge is 2.19. The largest absolute Gasteiger partial charge is 0.318 e. The maximum absolute atomic E-state index is 9.89. The predicted octanol–water partition coefficient (Wildman–Crippen LogP) is 11.5. The molecule has 5 heteroatoms. The summed E-state index contributed by atoms with van der Waals surface area (Å²) in [5.74, 6) is 0. The van der Waals surface area contributed by atoms with Crippen molar-refractivity contribution in [3.05, 3.63) is 174 Å². The molecule has 230 valence electrons. The molecular weight excluding hydrogens is 611 g/mol. The molecule has 0 saturated heterocycles. The van der Waals surface area contributed by atoms with Crippen LogP contribution in [0.4, 0.5) is 5.69 Å². The number of hydrogen-bond acceptors (Lipinski definition) is 2. The third kappa shape index (κ3) is 4.31. The van der Waals surface area contributed by atoms with Gasteiger partial charge in [-0.2, -0.15) is 10.5 Å². The SMILES string of the molecule is [C-]#[N+]c1cccc(-c2ccc(-c3ccc(-n4c5ccc(C#N)cc5c5c(C#N)cccc54)cc3)cc2)c1-n1c2ccccc2c2ccccc21. The van der Waals surface area contributed by atoms with E-state index in [1.807, 2.05) is 60.7 Å². The molecule has 7 aromatic carbocycles. The first kappa shape index (κ1) is 28.8. The topological polar surface area (TPSA) is 61.8 Å². The number of aromatic nitrogens is 2. The molecule has 0 aliphatic carbocycles. The number of nitrogens with zero attached hydrogens (tertiary/aromatic N) is 5. The van der Waals surface area contributed by atoms with Gasteiger partial charge in [-0.15, -0.1) is 0 Å². The van der Waals surface area contributed by atoms with E-state index < -0.39 is 0 Å². The number of rotatable bonds is 4. The van der Waals surface area contributed by atoms with Crippen LogP contribution in [-0.2, 0) is 0 Å². The van der Waals surface area contributed by atoms with E-state index in [0.29, 0.717) is 16.8 Å². The van der Waals surface area contributed by atoms with Crippen LogP contribution in [0.3, 0.4) is 0 Å². The summed E-state index contributed by atoms with van der Waals surface area (Å²) in [7, 11) is 0. The Kier molecular flexibility index (Phi) is 6.56. The number of hydrogen-bond donors (Lipinski definition) is 0. The van der Waals surface area contributed by atoms with Crippen molar-refractivity contribution in [2.45, 2.75) is 0 Å². The fraction of sp³-hybridized carbons (Fsp3) is 0. The van der Waals surface area contributed by atoms with Gasteiger partial charge in [-0.05, 0) is 76.9 Å². The van der Waals surface area contributed by atoms with E-state index in [1.54, 1.807) is 0 Å². The Balaban J connectivity index is 1.13. The molecule has 9 rings (SSSR count). The van der Waals surface area contributed by atoms with E-state index in [4.69, 9.17) is 6.57 Å². The number of nitriles is 2. The van der Waals surface area contributed by atoms with Gasteiger partial charge in [0.15, 0.2) is 0 Å². The zero-order valence-electron chi connectivity index (χ0n) is 26.7. The molecule has 5 nitrogen and oxygen atoms in total. The average molecular weight is 636 g/mol. The zero-order valence-corrected chi connectivity index (χ0v) is 26.7. The van der Waals surface area contributed by atoms with Crippen molar-refractivity contribution in [3.63, 3.8) is 0 Å². The normalized spacial score (nSPS) is 11.1. The predicted molar refractivity (Wildman–Crippen MR) is 202 cm³/mol. The van der Waals surface area contributed by atoms with Crippen LogP contribution in [0.2, 0.25) is 0 Å². The van der Waals surface area contributed by atoms with Gasteiger partial charge in [-0.1, -0.05) is 97.1 Å². The summed E-state index contributed by atoms with van der Waals surface area (Å²) >= 11 is 0. The second kappa shape index (κ2) is 11.4. The Labute approximate surface area is 288 Å². The molecule has 2 aromatic heterocycles. The van der Waals surface area contributed by atoms with E-state index in [9.17, 15) is 10.5 Å². The molecular formula is C45H25N5. The Morgan fingerprint density at radius 3 is 1.76 bits per heavy atom. The fourth-order valence-electron chi connectivity index (χ4n) is 7.41. The van der Waals surface area contributed by atoms with Crippen molar-refractivity contribution in [2.24, 2.45) is 0 Å². The third-order valence-electron chi connectivity index (χ3n) is 9.63. The molecule has 9 aromatic rings. The van der Waals surface area contributed by atoms with Gasteiger partial charge in [0, 0.05) is 27.2 Å². The fourth-order valence-corrected chi connectivity index (χ4v) is 7.41. The van der Waals surface area contributed by atoms with E-state index in [1.165, 1.54) is 0 Å². The van der Waals surface area contributed by atoms with Crippen LogP contribution in [-0.4, -0.2) is 9.13 Å². The van der Waals surface area contributed by atoms with Gasteiger partial charge in [-0.3, -0.25) is 0 Å². The van der Waals surface area contributed by atoms with Crippen molar-refractivity contribution >= 4 is 49.3 Å². The lowest BCUT2D eigenvalue weighted by Gasteiger charge is -2.16. The second-order valence-electron chi connectivity index (χ2n) is 12.3. The van der Waals surface area contributed by atoms with Crippen molar-refractivity contribution in [3.8, 4) is 45.8 Å². The highest BCUT2D eigenvalue weighted by molar-refractivity contribution is 6.12. The van der Waals surface area contributed by atoms with Crippen molar-refractivity contribution in [1.82, 2.24) is 9.13 Å². The summed E-state index contributed by atoms with van der Waals surface area (Å²) in [5.41, 5.74) is 11.8. The van der Waals surface area contributed by atoms with Crippen LogP contribution >= 0.6 is 0 Å². The molecule has 0 bridgehead atoms. The number of benzene rings is 7. The summed E-state index contributed by atoms with van der Waals surface area (Å²) in [6.45, 7) is 8.09. The van der Waals surface area contributed by atoms with E-state index >= 15 is 0 Å². The Morgan fingerprint density at radius 1 is 0.500 bits per heavy atom. The van der Waals surface area contributed by atoms with Crippen LogP contribution < -0.4 is 0 Å². The zero-order chi connectivity index (χ0) is 33.8. The molecule has 0 radical (unpaired) electrons. The standard InChI is InChI=1S/C45H25N5/c1-48-39-12-7-11-35(45(39)50-40-13-4-2-9-36(40)37-10-3-5-14-41(37)50)32-19-17-30(18-20-32)31-21-23-34(24-22-31)49-42-25-16-29(27-46)26-38(42)44-33(28-47)8-6-15-43(44)49/h2-26H. The first-order valence-corrected chi connectivity index (χ1v) is 16.3. The molecule has 0 amide bonds. The van der Waals surface area contributed by atoms with Crippen LogP contribution in [0.1, 0.15) is 11.1 Å². The third-order valence-corrected chi connectivity index (χ3v) is 9.63. The van der Waals surface area contributed by atoms with Crippen molar-refractivity contribution in [1.29, 1.82) is 10.5 Å². The van der Waals surface area contributed by atoms with Crippen LogP contribution in [0.25, 0.3) is 82.1 Å². The van der Waals surface area contributed by atoms with Gasteiger partial charge in [-0.25, -0.2) is 4.85 Å². The highest BCUT2D eigenvalue weighted by Crippen LogP contribution is 2.41. The lowest BCUT2D eigenvalue weighted by Crippen LogP contribution is -1.97. The summed E-state index contributed by atoms with van der Waals surface area (Å²) < 4.78 is 4.38. The van der Waals surface area contributed by atoms with E-state index in [2.05, 4.69) is 117 Å². The quantitative estimate of drug-likeness (QED) is 0.181.